The van der Waals surface area contributed by atoms with E-state index in [1.54, 1.807) is 20.4 Å². The monoisotopic (exact) mass is 474 g/mol. The summed E-state index contributed by atoms with van der Waals surface area (Å²) in [7, 11) is 7.10. The molecule has 2 aliphatic carbocycles. The molecule has 9 nitrogen and oxygen atoms in total. The molecule has 1 saturated carbocycles. The van der Waals surface area contributed by atoms with Crippen LogP contribution in [0.1, 0.15) is 52.4 Å². The minimum absolute atomic E-state index is 0.0466. The number of nitrogens with zero attached hydrogens (tertiary/aromatic N) is 5. The summed E-state index contributed by atoms with van der Waals surface area (Å²) < 4.78 is 11.0. The van der Waals surface area contributed by atoms with Crippen molar-refractivity contribution in [2.24, 2.45) is 0 Å². The first kappa shape index (κ1) is 23.2. The molecule has 0 amide bonds. The highest BCUT2D eigenvalue weighted by Crippen LogP contribution is 2.45. The lowest BCUT2D eigenvalue weighted by Gasteiger charge is -2.28. The number of rotatable bonds is 8. The third-order valence-electron chi connectivity index (χ3n) is 6.71. The van der Waals surface area contributed by atoms with Gasteiger partial charge in [0.25, 0.3) is 0 Å². The van der Waals surface area contributed by atoms with Crippen LogP contribution in [0.3, 0.4) is 0 Å². The molecule has 1 unspecified atom stereocenters. The maximum atomic E-state index is 12.8. The molecule has 2 heterocycles. The molecule has 182 valence electrons. The Morgan fingerprint density at radius 2 is 1.91 bits per heavy atom. The molecular formula is C26H30N6O3. The summed E-state index contributed by atoms with van der Waals surface area (Å²) in [5.74, 6) is 2.66. The number of nitrogens with one attached hydrogen (secondary N) is 1. The first-order valence-corrected chi connectivity index (χ1v) is 11.9. The zero-order valence-corrected chi connectivity index (χ0v) is 20.5. The quantitative estimate of drug-likeness (QED) is 0.525. The van der Waals surface area contributed by atoms with E-state index in [-0.39, 0.29) is 11.8 Å². The summed E-state index contributed by atoms with van der Waals surface area (Å²) in [5, 5.41) is 3.39. The van der Waals surface area contributed by atoms with Gasteiger partial charge in [-0.05, 0) is 50.9 Å². The third kappa shape index (κ3) is 4.55. The van der Waals surface area contributed by atoms with E-state index in [0.717, 1.165) is 53.6 Å². The Hall–Kier alpha value is -3.59. The second-order valence-corrected chi connectivity index (χ2v) is 9.26. The molecule has 0 radical (unpaired) electrons. The van der Waals surface area contributed by atoms with Gasteiger partial charge in [-0.25, -0.2) is 19.9 Å². The molecular weight excluding hydrogens is 444 g/mol. The van der Waals surface area contributed by atoms with E-state index in [0.29, 0.717) is 35.7 Å². The largest absolute Gasteiger partial charge is 0.491 e. The molecule has 0 bridgehead atoms. The smallest absolute Gasteiger partial charge is 0.227 e. The Morgan fingerprint density at radius 1 is 1.09 bits per heavy atom. The van der Waals surface area contributed by atoms with Crippen LogP contribution in [0, 0.1) is 0 Å². The molecule has 1 N–H and O–H groups in total. The van der Waals surface area contributed by atoms with E-state index >= 15 is 0 Å². The molecule has 1 fully saturated rings. The highest BCUT2D eigenvalue weighted by molar-refractivity contribution is 6.02. The number of aromatic nitrogens is 4. The average molecular weight is 475 g/mol. The minimum Gasteiger partial charge on any atom is -0.491 e. The predicted octanol–water partition coefficient (Wildman–Crippen LogP) is 3.50. The fraction of sp³-hybridized carbons (Fsp3) is 0.423. The molecule has 2 aromatic heterocycles. The van der Waals surface area contributed by atoms with E-state index in [2.05, 4.69) is 26.3 Å². The number of aryl methyl sites for hydroxylation is 1. The number of benzene rings is 1. The zero-order chi connectivity index (χ0) is 24.5. The number of likely N-dealkylation sites (N-methyl/N-ethyl adjacent to an activating group) is 1. The second kappa shape index (κ2) is 9.58. The maximum Gasteiger partial charge on any atom is 0.227 e. The molecule has 3 aromatic rings. The molecule has 1 aromatic carbocycles. The number of Topliss-reactive ketones (excluding diaryl/α,β-unsaturated/α-hetero) is 1. The van der Waals surface area contributed by atoms with Crippen LogP contribution in [-0.4, -0.2) is 65.0 Å². The number of carbonyl (C=O) groups excluding carboxylic acids is 1. The van der Waals surface area contributed by atoms with Crippen molar-refractivity contribution in [3.8, 4) is 23.0 Å². The van der Waals surface area contributed by atoms with Gasteiger partial charge in [-0.2, -0.15) is 0 Å². The van der Waals surface area contributed by atoms with Gasteiger partial charge >= 0.3 is 0 Å². The summed E-state index contributed by atoms with van der Waals surface area (Å²) >= 11 is 0. The lowest BCUT2D eigenvalue weighted by molar-refractivity contribution is 0.0853. The third-order valence-corrected chi connectivity index (χ3v) is 6.71. The average Bonchev–Trinajstić information content (AvgIpc) is 3.72. The number of methoxy groups -OCH3 is 2. The van der Waals surface area contributed by atoms with Crippen molar-refractivity contribution in [2.45, 2.75) is 44.2 Å². The van der Waals surface area contributed by atoms with E-state index < -0.39 is 0 Å². The Kier molecular flexibility index (Phi) is 6.34. The van der Waals surface area contributed by atoms with Crippen molar-refractivity contribution in [2.75, 3.05) is 33.6 Å². The van der Waals surface area contributed by atoms with Gasteiger partial charge in [-0.15, -0.1) is 0 Å². The van der Waals surface area contributed by atoms with Crippen LogP contribution in [0.5, 0.6) is 11.6 Å². The number of fused-ring (bicyclic) bond motifs is 1. The number of hydrogen-bond acceptors (Lipinski definition) is 9. The SMILES string of the molecule is COc1cnc(-c2c(OC)ncnc2C2CC2)nc1NCc1ccc2c(c1)CCC(N(C)C)C2=O. The van der Waals surface area contributed by atoms with E-state index in [9.17, 15) is 4.79 Å². The van der Waals surface area contributed by atoms with Gasteiger partial charge in [0.2, 0.25) is 5.88 Å². The second-order valence-electron chi connectivity index (χ2n) is 9.26. The topological polar surface area (TPSA) is 102 Å². The van der Waals surface area contributed by atoms with Crippen molar-refractivity contribution in [3.63, 3.8) is 0 Å². The standard InChI is InChI=1S/C26H30N6O3/c1-32(2)19-10-8-17-11-15(5-9-18(17)23(19)33)12-27-24-20(34-3)13-28-25(31-24)21-22(16-6-7-16)29-14-30-26(21)35-4/h5,9,11,13-14,16,19H,6-8,10,12H2,1-4H3,(H,27,28,31). The lowest BCUT2D eigenvalue weighted by atomic mass is 9.85. The molecule has 0 spiro atoms. The summed E-state index contributed by atoms with van der Waals surface area (Å²) in [4.78, 5) is 32.9. The van der Waals surface area contributed by atoms with Gasteiger partial charge in [0, 0.05) is 18.0 Å². The Morgan fingerprint density at radius 3 is 2.63 bits per heavy atom. The summed E-state index contributed by atoms with van der Waals surface area (Å²) in [5.41, 5.74) is 4.64. The van der Waals surface area contributed by atoms with Crippen LogP contribution in [0.4, 0.5) is 5.82 Å². The van der Waals surface area contributed by atoms with Crippen molar-refractivity contribution in [3.05, 3.63) is 53.1 Å². The van der Waals surface area contributed by atoms with Crippen molar-refractivity contribution < 1.29 is 14.3 Å². The zero-order valence-electron chi connectivity index (χ0n) is 20.5. The van der Waals surface area contributed by atoms with Gasteiger partial charge in [-0.1, -0.05) is 18.2 Å². The van der Waals surface area contributed by atoms with Gasteiger partial charge < -0.3 is 14.8 Å². The number of carbonyl (C=O) groups is 1. The maximum absolute atomic E-state index is 12.8. The Bertz CT molecular complexity index is 1260. The number of anilines is 1. The van der Waals surface area contributed by atoms with E-state index in [1.165, 1.54) is 6.33 Å². The molecule has 2 aliphatic rings. The normalized spacial score (nSPS) is 17.3. The fourth-order valence-corrected chi connectivity index (χ4v) is 4.67. The van der Waals surface area contributed by atoms with E-state index in [1.807, 2.05) is 31.1 Å². The summed E-state index contributed by atoms with van der Waals surface area (Å²) in [6, 6.07) is 6.01. The van der Waals surface area contributed by atoms with Crippen LogP contribution >= 0.6 is 0 Å². The van der Waals surface area contributed by atoms with Crippen LogP contribution in [0.15, 0.2) is 30.7 Å². The molecule has 5 rings (SSSR count). The van der Waals surface area contributed by atoms with Crippen molar-refractivity contribution in [1.29, 1.82) is 0 Å². The van der Waals surface area contributed by atoms with Crippen molar-refractivity contribution >= 4 is 11.6 Å². The number of ketones is 1. The summed E-state index contributed by atoms with van der Waals surface area (Å²) in [6.07, 6.45) is 7.08. The highest BCUT2D eigenvalue weighted by atomic mass is 16.5. The highest BCUT2D eigenvalue weighted by Gasteiger charge is 2.32. The van der Waals surface area contributed by atoms with Crippen molar-refractivity contribution in [1.82, 2.24) is 24.8 Å². The Labute approximate surface area is 204 Å². The van der Waals surface area contributed by atoms with E-state index in [4.69, 9.17) is 14.5 Å². The van der Waals surface area contributed by atoms with Gasteiger partial charge in [0.1, 0.15) is 11.9 Å². The first-order valence-electron chi connectivity index (χ1n) is 11.9. The molecule has 9 heteroatoms. The molecule has 35 heavy (non-hydrogen) atoms. The van der Waals surface area contributed by atoms with Crippen LogP contribution in [0.25, 0.3) is 11.4 Å². The fourth-order valence-electron chi connectivity index (χ4n) is 4.67. The molecule has 1 atom stereocenters. The number of hydrogen-bond donors (Lipinski definition) is 1. The Balaban J connectivity index is 1.41. The minimum atomic E-state index is -0.0466. The molecule has 0 aliphatic heterocycles. The van der Waals surface area contributed by atoms with Gasteiger partial charge in [0.15, 0.2) is 23.2 Å². The van der Waals surface area contributed by atoms with Crippen LogP contribution in [0.2, 0.25) is 0 Å². The first-order chi connectivity index (χ1) is 17.0. The lowest BCUT2D eigenvalue weighted by Crippen LogP contribution is -2.39. The summed E-state index contributed by atoms with van der Waals surface area (Å²) in [6.45, 7) is 0.531. The number of ether oxygens (including phenoxy) is 2. The van der Waals surface area contributed by atoms with Gasteiger partial charge in [0.05, 0.1) is 32.2 Å². The van der Waals surface area contributed by atoms with Crippen LogP contribution < -0.4 is 14.8 Å². The molecule has 0 saturated heterocycles. The van der Waals surface area contributed by atoms with Crippen LogP contribution in [-0.2, 0) is 13.0 Å². The van der Waals surface area contributed by atoms with Gasteiger partial charge in [-0.3, -0.25) is 9.69 Å². The predicted molar refractivity (Wildman–Crippen MR) is 132 cm³/mol.